The molecule has 0 amide bonds. The van der Waals surface area contributed by atoms with E-state index in [-0.39, 0.29) is 6.10 Å². The van der Waals surface area contributed by atoms with Crippen molar-refractivity contribution in [3.8, 4) is 0 Å². The first-order valence-electron chi connectivity index (χ1n) is 9.97. The molecule has 4 rings (SSSR count). The number of carbonyl (C=O) groups is 1. The lowest BCUT2D eigenvalue weighted by Gasteiger charge is -2.28. The van der Waals surface area contributed by atoms with Crippen molar-refractivity contribution < 1.29 is 14.6 Å². The van der Waals surface area contributed by atoms with E-state index in [2.05, 4.69) is 17.0 Å². The minimum atomic E-state index is -1.82. The van der Waals surface area contributed by atoms with E-state index in [9.17, 15) is 9.90 Å². The number of aliphatic hydroxyl groups is 1. The Morgan fingerprint density at radius 2 is 1.41 bits per heavy atom. The van der Waals surface area contributed by atoms with E-state index in [0.29, 0.717) is 17.7 Å². The third-order valence-corrected chi connectivity index (χ3v) is 5.43. The predicted molar refractivity (Wildman–Crippen MR) is 112 cm³/mol. The van der Waals surface area contributed by atoms with Crippen LogP contribution in [0.25, 0.3) is 0 Å². The van der Waals surface area contributed by atoms with Gasteiger partial charge < -0.3 is 9.84 Å². The Kier molecular flexibility index (Phi) is 5.74. The Morgan fingerprint density at radius 3 is 1.97 bits per heavy atom. The van der Waals surface area contributed by atoms with Crippen LogP contribution in [-0.2, 0) is 21.7 Å². The molecule has 0 saturated carbocycles. The van der Waals surface area contributed by atoms with Gasteiger partial charge >= 0.3 is 5.97 Å². The Labute approximate surface area is 171 Å². The fourth-order valence-electron chi connectivity index (χ4n) is 3.88. The van der Waals surface area contributed by atoms with Gasteiger partial charge in [-0.05, 0) is 23.1 Å². The number of carbonyl (C=O) groups excluding carboxylic acids is 1. The summed E-state index contributed by atoms with van der Waals surface area (Å²) in [6.45, 7) is 2.36. The zero-order valence-corrected chi connectivity index (χ0v) is 16.3. The molecule has 0 radical (unpaired) electrons. The van der Waals surface area contributed by atoms with Gasteiger partial charge in [-0.2, -0.15) is 0 Å². The first kappa shape index (κ1) is 19.4. The van der Waals surface area contributed by atoms with Gasteiger partial charge in [-0.25, -0.2) is 4.79 Å². The fourth-order valence-corrected chi connectivity index (χ4v) is 3.88. The summed E-state index contributed by atoms with van der Waals surface area (Å²) in [5, 5.41) is 11.5. The number of rotatable bonds is 6. The normalized spacial score (nSPS) is 17.2. The average molecular weight is 387 g/mol. The van der Waals surface area contributed by atoms with E-state index in [0.717, 1.165) is 19.5 Å². The van der Waals surface area contributed by atoms with Gasteiger partial charge in [0.15, 0.2) is 0 Å². The Balaban J connectivity index is 1.49. The van der Waals surface area contributed by atoms with Crippen LogP contribution < -0.4 is 0 Å². The van der Waals surface area contributed by atoms with Crippen molar-refractivity contribution in [3.63, 3.8) is 0 Å². The average Bonchev–Trinajstić information content (AvgIpc) is 3.21. The maximum absolute atomic E-state index is 13.2. The van der Waals surface area contributed by atoms with Gasteiger partial charge in [-0.1, -0.05) is 91.0 Å². The molecule has 0 spiro atoms. The van der Waals surface area contributed by atoms with Crippen molar-refractivity contribution in [1.29, 1.82) is 0 Å². The quantitative estimate of drug-likeness (QED) is 0.655. The fraction of sp³-hybridized carbons (Fsp3) is 0.240. The summed E-state index contributed by atoms with van der Waals surface area (Å²) in [5.41, 5.74) is 0.435. The molecule has 1 saturated heterocycles. The summed E-state index contributed by atoms with van der Waals surface area (Å²) in [6.07, 6.45) is 0.531. The molecule has 0 aliphatic carbocycles. The molecule has 4 heteroatoms. The number of hydrogen-bond donors (Lipinski definition) is 1. The van der Waals surface area contributed by atoms with Crippen LogP contribution in [0, 0.1) is 0 Å². The van der Waals surface area contributed by atoms with Gasteiger partial charge in [0.05, 0.1) is 0 Å². The highest BCUT2D eigenvalue weighted by Crippen LogP contribution is 2.32. The van der Waals surface area contributed by atoms with Gasteiger partial charge in [0.25, 0.3) is 0 Å². The molecule has 3 aromatic carbocycles. The largest absolute Gasteiger partial charge is 0.458 e. The van der Waals surface area contributed by atoms with Gasteiger partial charge in [0, 0.05) is 19.6 Å². The maximum Gasteiger partial charge on any atom is 0.348 e. The summed E-state index contributed by atoms with van der Waals surface area (Å²) in [6, 6.07) is 28.3. The first-order valence-corrected chi connectivity index (χ1v) is 9.97. The lowest BCUT2D eigenvalue weighted by molar-refractivity contribution is -0.167. The SMILES string of the molecule is O=C(OC1CCN(Cc2ccccc2)C1)C(O)(c1ccccc1)c1ccccc1. The van der Waals surface area contributed by atoms with Crippen LogP contribution in [0.3, 0.4) is 0 Å². The minimum absolute atomic E-state index is 0.231. The lowest BCUT2D eigenvalue weighted by Crippen LogP contribution is -2.41. The molecule has 148 valence electrons. The Hall–Kier alpha value is -2.95. The molecule has 4 nitrogen and oxygen atoms in total. The molecule has 0 aromatic heterocycles. The van der Waals surface area contributed by atoms with E-state index >= 15 is 0 Å². The number of esters is 1. The highest BCUT2D eigenvalue weighted by atomic mass is 16.6. The monoisotopic (exact) mass is 387 g/mol. The van der Waals surface area contributed by atoms with Gasteiger partial charge in [-0.3, -0.25) is 4.90 Å². The van der Waals surface area contributed by atoms with E-state index in [1.807, 2.05) is 54.6 Å². The number of hydrogen-bond acceptors (Lipinski definition) is 4. The van der Waals surface area contributed by atoms with Crippen LogP contribution >= 0.6 is 0 Å². The van der Waals surface area contributed by atoms with E-state index in [1.165, 1.54) is 5.56 Å². The van der Waals surface area contributed by atoms with Crippen LogP contribution in [0.15, 0.2) is 91.0 Å². The second-order valence-electron chi connectivity index (χ2n) is 7.48. The Morgan fingerprint density at radius 1 is 0.897 bits per heavy atom. The van der Waals surface area contributed by atoms with Crippen LogP contribution in [0.1, 0.15) is 23.1 Å². The molecule has 1 unspecified atom stereocenters. The topological polar surface area (TPSA) is 49.8 Å². The molecule has 0 bridgehead atoms. The second-order valence-corrected chi connectivity index (χ2v) is 7.48. The molecular weight excluding hydrogens is 362 g/mol. The van der Waals surface area contributed by atoms with E-state index in [4.69, 9.17) is 4.74 Å². The minimum Gasteiger partial charge on any atom is -0.458 e. The van der Waals surface area contributed by atoms with Crippen LogP contribution in [0.2, 0.25) is 0 Å². The summed E-state index contributed by atoms with van der Waals surface area (Å²) in [7, 11) is 0. The van der Waals surface area contributed by atoms with Crippen molar-refractivity contribution in [2.45, 2.75) is 24.7 Å². The molecule has 1 N–H and O–H groups in total. The number of benzene rings is 3. The molecule has 1 aliphatic rings. The lowest BCUT2D eigenvalue weighted by atomic mass is 9.86. The van der Waals surface area contributed by atoms with Gasteiger partial charge in [0.1, 0.15) is 6.10 Å². The smallest absolute Gasteiger partial charge is 0.348 e. The van der Waals surface area contributed by atoms with E-state index in [1.54, 1.807) is 24.3 Å². The third-order valence-electron chi connectivity index (χ3n) is 5.43. The second kappa shape index (κ2) is 8.60. The first-order chi connectivity index (χ1) is 14.2. The number of ether oxygens (including phenoxy) is 1. The van der Waals surface area contributed by atoms with Crippen molar-refractivity contribution in [1.82, 2.24) is 4.90 Å². The highest BCUT2D eigenvalue weighted by molar-refractivity contribution is 5.85. The van der Waals surface area contributed by atoms with Crippen molar-refractivity contribution in [3.05, 3.63) is 108 Å². The molecule has 3 aromatic rings. The predicted octanol–water partition coefficient (Wildman–Crippen LogP) is 3.74. The molecular formula is C25H25NO3. The molecule has 1 fully saturated rings. The van der Waals surface area contributed by atoms with Crippen LogP contribution in [0.4, 0.5) is 0 Å². The highest BCUT2D eigenvalue weighted by Gasteiger charge is 2.43. The molecule has 1 heterocycles. The van der Waals surface area contributed by atoms with Gasteiger partial charge in [-0.15, -0.1) is 0 Å². The van der Waals surface area contributed by atoms with Crippen molar-refractivity contribution >= 4 is 5.97 Å². The number of likely N-dealkylation sites (tertiary alicyclic amines) is 1. The number of nitrogens with zero attached hydrogens (tertiary/aromatic N) is 1. The Bertz CT molecular complexity index is 889. The zero-order chi connectivity index (χ0) is 20.1. The third kappa shape index (κ3) is 4.24. The van der Waals surface area contributed by atoms with E-state index < -0.39 is 11.6 Å². The summed E-state index contributed by atoms with van der Waals surface area (Å²) in [4.78, 5) is 15.5. The summed E-state index contributed by atoms with van der Waals surface area (Å²) < 4.78 is 5.82. The van der Waals surface area contributed by atoms with Crippen molar-refractivity contribution in [2.75, 3.05) is 13.1 Å². The standard InChI is InChI=1S/C25H25NO3/c27-24(29-23-16-17-26(19-23)18-20-10-4-1-5-11-20)25(28,21-12-6-2-7-13-21)22-14-8-3-9-15-22/h1-15,23,28H,16-19H2. The zero-order valence-electron chi connectivity index (χ0n) is 16.3. The molecule has 1 atom stereocenters. The molecule has 1 aliphatic heterocycles. The van der Waals surface area contributed by atoms with Gasteiger partial charge in [0.2, 0.25) is 5.60 Å². The summed E-state index contributed by atoms with van der Waals surface area (Å²) >= 11 is 0. The van der Waals surface area contributed by atoms with Crippen LogP contribution in [-0.4, -0.2) is 35.2 Å². The van der Waals surface area contributed by atoms with Crippen molar-refractivity contribution in [2.24, 2.45) is 0 Å². The summed E-state index contributed by atoms with van der Waals surface area (Å²) in [5.74, 6) is -0.624. The molecule has 29 heavy (non-hydrogen) atoms. The van der Waals surface area contributed by atoms with Crippen LogP contribution in [0.5, 0.6) is 0 Å². The maximum atomic E-state index is 13.2.